The van der Waals surface area contributed by atoms with Gasteiger partial charge in [-0.05, 0) is 83.6 Å². The number of fused-ring (bicyclic) bond motifs is 4. The molecule has 10 rings (SSSR count). The van der Waals surface area contributed by atoms with Crippen LogP contribution in [0.3, 0.4) is 0 Å². The molecule has 1 N–H and O–H groups in total. The third-order valence-electron chi connectivity index (χ3n) is 11.3. The summed E-state index contributed by atoms with van der Waals surface area (Å²) in [6, 6.07) is 71.4. The van der Waals surface area contributed by atoms with Crippen LogP contribution < -0.4 is 30.9 Å². The van der Waals surface area contributed by atoms with Gasteiger partial charge < -0.3 is 4.57 Å². The molecule has 0 atom stereocenters. The number of hydrogen-bond donors (Lipinski definition) is 0. The van der Waals surface area contributed by atoms with E-state index in [-0.39, 0.29) is 27.1 Å². The van der Waals surface area contributed by atoms with Crippen LogP contribution in [-0.2, 0) is 21.1 Å². The Morgan fingerprint density at radius 1 is 0.603 bits per heavy atom. The molecule has 0 aliphatic carbocycles. The van der Waals surface area contributed by atoms with E-state index in [1.54, 1.807) is 0 Å². The van der Waals surface area contributed by atoms with Crippen molar-refractivity contribution < 1.29 is 26.0 Å². The second-order valence-corrected chi connectivity index (χ2v) is 18.7. The largest absolute Gasteiger partial charge is 0.319 e. The van der Waals surface area contributed by atoms with E-state index in [1.165, 1.54) is 26.9 Å². The van der Waals surface area contributed by atoms with Crippen LogP contribution in [0.1, 0.15) is 19.4 Å². The molecule has 7 heteroatoms. The number of benzene rings is 7. The summed E-state index contributed by atoms with van der Waals surface area (Å²) in [5, 5.41) is 11.2. The monoisotopic (exact) mass is 948 g/mol. The molecule has 0 saturated carbocycles. The molecule has 5 nitrogen and oxygen atoms in total. The third kappa shape index (κ3) is 6.11. The molecule has 0 unspecified atom stereocenters. The molecule has 58 heavy (non-hydrogen) atoms. The van der Waals surface area contributed by atoms with Crippen LogP contribution in [0, 0.1) is 19.1 Å². The Morgan fingerprint density at radius 3 is 2.00 bits per heavy atom. The Hall–Kier alpha value is -6.04. The van der Waals surface area contributed by atoms with Crippen molar-refractivity contribution in [3.63, 3.8) is 0 Å². The maximum Gasteiger partial charge on any atom is 0.145 e. The fourth-order valence-corrected chi connectivity index (χ4v) is 13.2. The predicted octanol–water partition coefficient (Wildman–Crippen LogP) is 9.34. The van der Waals surface area contributed by atoms with Crippen molar-refractivity contribution in [1.82, 2.24) is 9.55 Å². The number of pyridine rings is 1. The van der Waals surface area contributed by atoms with Gasteiger partial charge >= 0.3 is 0 Å². The molecular formula is C51H41N4OPtSi-. The first-order chi connectivity index (χ1) is 28.0. The number of para-hydroxylation sites is 3. The molecule has 286 valence electrons. The van der Waals surface area contributed by atoms with Crippen molar-refractivity contribution in [2.75, 3.05) is 10.1 Å². The van der Waals surface area contributed by atoms with Crippen molar-refractivity contribution in [3.8, 4) is 16.9 Å². The smallest absolute Gasteiger partial charge is 0.145 e. The van der Waals surface area contributed by atoms with Gasteiger partial charge in [0.2, 0.25) is 0 Å². The van der Waals surface area contributed by atoms with E-state index >= 15 is 0 Å². The Labute approximate surface area is 355 Å². The second-order valence-electron chi connectivity index (χ2n) is 15.0. The molecule has 0 spiro atoms. The zero-order valence-electron chi connectivity index (χ0n) is 32.5. The summed E-state index contributed by atoms with van der Waals surface area (Å²) in [6.45, 7) is 6.51. The van der Waals surface area contributed by atoms with Crippen molar-refractivity contribution >= 4 is 67.7 Å². The van der Waals surface area contributed by atoms with Gasteiger partial charge in [-0.15, -0.1) is 21.6 Å². The molecule has 0 saturated heterocycles. The van der Waals surface area contributed by atoms with Crippen LogP contribution in [-0.4, -0.2) is 28.6 Å². The number of nitrogens with zero attached hydrogens (tertiary/aromatic N) is 4. The Bertz CT molecular complexity index is 2870. The van der Waals surface area contributed by atoms with Crippen molar-refractivity contribution in [1.29, 1.82) is 0 Å². The minimum Gasteiger partial charge on any atom is -0.319 e. The van der Waals surface area contributed by atoms with Gasteiger partial charge in [0, 0.05) is 38.5 Å². The number of hydrogen-bond acceptors (Lipinski definition) is 3. The van der Waals surface area contributed by atoms with E-state index in [2.05, 4.69) is 218 Å². The van der Waals surface area contributed by atoms with Gasteiger partial charge in [-0.3, -0.25) is 0 Å². The van der Waals surface area contributed by atoms with Crippen LogP contribution in [0.15, 0.2) is 182 Å². The molecule has 3 heterocycles. The topological polar surface area (TPSA) is 37.1 Å². The summed E-state index contributed by atoms with van der Waals surface area (Å²) >= 11 is 0. The van der Waals surface area contributed by atoms with Crippen LogP contribution >= 0.6 is 0 Å². The van der Waals surface area contributed by atoms with E-state index < -0.39 is 8.07 Å². The first kappa shape index (κ1) is 37.5. The molecule has 0 bridgehead atoms. The van der Waals surface area contributed by atoms with Crippen LogP contribution in [0.25, 0.3) is 38.8 Å². The minimum atomic E-state index is -3.10. The minimum absolute atomic E-state index is 0. The zero-order valence-corrected chi connectivity index (χ0v) is 35.7. The molecule has 0 radical (unpaired) electrons. The predicted molar refractivity (Wildman–Crippen MR) is 238 cm³/mol. The number of aryl methyl sites for hydroxylation is 1. The van der Waals surface area contributed by atoms with Gasteiger partial charge in [-0.25, -0.2) is 4.98 Å². The van der Waals surface area contributed by atoms with Gasteiger partial charge in [0.05, 0.1) is 6.04 Å². The fourth-order valence-electron chi connectivity index (χ4n) is 8.65. The van der Waals surface area contributed by atoms with Gasteiger partial charge in [0.25, 0.3) is 0 Å². The Morgan fingerprint density at radius 2 is 1.26 bits per heavy atom. The first-order valence-corrected chi connectivity index (χ1v) is 21.5. The summed E-state index contributed by atoms with van der Waals surface area (Å²) in [7, 11) is -3.10. The first-order valence-electron chi connectivity index (χ1n) is 19.5. The summed E-state index contributed by atoms with van der Waals surface area (Å²) in [4.78, 5) is 10.2. The molecular weight excluding hydrogens is 908 g/mol. The average Bonchev–Trinajstić information content (AvgIpc) is 3.82. The molecule has 7 aromatic carbocycles. The van der Waals surface area contributed by atoms with Crippen LogP contribution in [0.4, 0.5) is 17.1 Å². The van der Waals surface area contributed by atoms with Crippen molar-refractivity contribution in [2.45, 2.75) is 26.8 Å². The van der Waals surface area contributed by atoms with E-state index in [4.69, 9.17) is 9.92 Å². The molecule has 2 aromatic heterocycles. The number of aromatic nitrogens is 2. The standard InChI is InChI=1S/C51H40N4OSi.Pt/c1-36(2)54-48-27-14-15-28-49(48)55(56-54)39-18-16-23-42(34-39)57(40-19-6-4-7-20-40,41-21-8-5-9-22-41)43-29-30-46-45-25-12-13-26-47(45)53(50(46)35-43)51-33-38(31-32-52-51)44-24-11-10-17-37(44)3;/h4-33,36H,1-3H3;/q-2;/p+1. The molecule has 9 aromatic rings. The molecule has 1 aliphatic heterocycles. The maximum atomic E-state index is 5.14. The molecule has 0 fully saturated rings. The summed E-state index contributed by atoms with van der Waals surface area (Å²) in [6.07, 6.45) is 1.93. The fraction of sp³-hybridized carbons (Fsp3) is 0.0784. The van der Waals surface area contributed by atoms with E-state index in [9.17, 15) is 0 Å². The van der Waals surface area contributed by atoms with Crippen molar-refractivity contribution in [2.24, 2.45) is 0 Å². The summed E-state index contributed by atoms with van der Waals surface area (Å²) < 4.78 is 2.30. The van der Waals surface area contributed by atoms with Crippen LogP contribution in [0.2, 0.25) is 0 Å². The average molecular weight is 949 g/mol. The van der Waals surface area contributed by atoms with Gasteiger partial charge in [0.15, 0.2) is 0 Å². The van der Waals surface area contributed by atoms with Gasteiger partial charge in [-0.2, -0.15) is 51.7 Å². The number of rotatable bonds is 8. The number of anilines is 3. The van der Waals surface area contributed by atoms with Crippen LogP contribution in [0.5, 0.6) is 0 Å². The second kappa shape index (κ2) is 15.4. The third-order valence-corrected chi connectivity index (χ3v) is 15.9. The zero-order chi connectivity index (χ0) is 38.5. The van der Waals surface area contributed by atoms with E-state index in [0.717, 1.165) is 55.2 Å². The molecule has 1 aliphatic rings. The molecule has 0 amide bonds. The number of hydroxylamine groups is 1. The normalized spacial score (nSPS) is 12.6. The van der Waals surface area contributed by atoms with Crippen molar-refractivity contribution in [3.05, 3.63) is 200 Å². The SMILES string of the molecule is Cc1ccccc1-c1ccnc(-n2c3[c-]c([Si](c4[c-]c(N5[OH+]N(C(C)C)c6ccccc65)ccc4)(c4ccccc4)c4ccccc4)ccc3c3ccccc32)c1.[Pt]. The quantitative estimate of drug-likeness (QED) is 0.0660. The maximum absolute atomic E-state index is 5.14. The Balaban J connectivity index is 0.00000436. The summed E-state index contributed by atoms with van der Waals surface area (Å²) in [5.41, 5.74) is 8.70. The van der Waals surface area contributed by atoms with Gasteiger partial charge in [-0.1, -0.05) is 121 Å². The Kier molecular flexibility index (Phi) is 9.95. The summed E-state index contributed by atoms with van der Waals surface area (Å²) in [5.74, 6) is 0.861. The van der Waals surface area contributed by atoms with E-state index in [0.29, 0.717) is 0 Å². The van der Waals surface area contributed by atoms with E-state index in [1.807, 2.05) is 11.3 Å². The van der Waals surface area contributed by atoms with Gasteiger partial charge in [0.1, 0.15) is 25.3 Å².